The van der Waals surface area contributed by atoms with Gasteiger partial charge in [0, 0.05) is 11.6 Å². The van der Waals surface area contributed by atoms with Gasteiger partial charge in [-0.05, 0) is 55.8 Å². The van der Waals surface area contributed by atoms with Gasteiger partial charge >= 0.3 is 5.97 Å². The highest BCUT2D eigenvalue weighted by atomic mass is 32.1. The molecular formula is C29H23N3O5S. The molecule has 0 saturated heterocycles. The maximum Gasteiger partial charge on any atom is 0.338 e. The van der Waals surface area contributed by atoms with Crippen LogP contribution in [0, 0.1) is 11.3 Å². The van der Waals surface area contributed by atoms with E-state index in [2.05, 4.69) is 11.1 Å². The van der Waals surface area contributed by atoms with Crippen molar-refractivity contribution in [2.75, 3.05) is 13.7 Å². The molecule has 1 aliphatic heterocycles. The lowest BCUT2D eigenvalue weighted by Gasteiger charge is -2.24. The van der Waals surface area contributed by atoms with E-state index in [1.165, 1.54) is 15.9 Å². The van der Waals surface area contributed by atoms with Gasteiger partial charge in [-0.25, -0.2) is 9.79 Å². The second kappa shape index (κ2) is 10.4. The molecule has 0 amide bonds. The molecular weight excluding hydrogens is 502 g/mol. The van der Waals surface area contributed by atoms with Gasteiger partial charge in [-0.3, -0.25) is 9.36 Å². The number of ether oxygens (including phenoxy) is 2. The van der Waals surface area contributed by atoms with Gasteiger partial charge in [0.1, 0.15) is 17.3 Å². The van der Waals surface area contributed by atoms with Crippen LogP contribution in [0.2, 0.25) is 0 Å². The van der Waals surface area contributed by atoms with E-state index in [1.54, 1.807) is 63.4 Å². The van der Waals surface area contributed by atoms with Crippen LogP contribution < -0.4 is 19.6 Å². The first kappa shape index (κ1) is 25.0. The van der Waals surface area contributed by atoms with Crippen LogP contribution in [-0.2, 0) is 9.53 Å². The number of furan rings is 1. The summed E-state index contributed by atoms with van der Waals surface area (Å²) in [6.07, 6.45) is 1.65. The molecule has 9 heteroatoms. The molecule has 0 bridgehead atoms. The van der Waals surface area contributed by atoms with Gasteiger partial charge in [-0.15, -0.1) is 0 Å². The lowest BCUT2D eigenvalue weighted by Crippen LogP contribution is -2.39. The lowest BCUT2D eigenvalue weighted by atomic mass is 9.96. The van der Waals surface area contributed by atoms with Gasteiger partial charge in [0.25, 0.3) is 5.56 Å². The van der Waals surface area contributed by atoms with E-state index in [-0.39, 0.29) is 12.2 Å². The highest BCUT2D eigenvalue weighted by molar-refractivity contribution is 7.07. The first-order chi connectivity index (χ1) is 18.4. The first-order valence-electron chi connectivity index (χ1n) is 11.9. The van der Waals surface area contributed by atoms with E-state index in [0.717, 1.165) is 5.56 Å². The van der Waals surface area contributed by atoms with Crippen LogP contribution in [0.15, 0.2) is 86.1 Å². The Morgan fingerprint density at radius 2 is 1.95 bits per heavy atom. The molecule has 1 atom stereocenters. The number of nitrogens with zero attached hydrogens (tertiary/aromatic N) is 3. The molecule has 0 N–H and O–H groups in total. The minimum Gasteiger partial charge on any atom is -0.497 e. The zero-order chi connectivity index (χ0) is 26.8. The molecule has 2 aromatic heterocycles. The van der Waals surface area contributed by atoms with E-state index < -0.39 is 12.0 Å². The van der Waals surface area contributed by atoms with Crippen molar-refractivity contribution in [3.63, 3.8) is 0 Å². The minimum atomic E-state index is -0.715. The second-order valence-corrected chi connectivity index (χ2v) is 9.44. The number of methoxy groups -OCH3 is 1. The van der Waals surface area contributed by atoms with Gasteiger partial charge in [0.05, 0.1) is 47.2 Å². The largest absolute Gasteiger partial charge is 0.497 e. The molecule has 0 aliphatic carbocycles. The quantitative estimate of drug-likeness (QED) is 0.353. The van der Waals surface area contributed by atoms with Crippen molar-refractivity contribution in [2.45, 2.75) is 19.9 Å². The molecule has 0 unspecified atom stereocenters. The summed E-state index contributed by atoms with van der Waals surface area (Å²) in [5.41, 5.74) is 2.39. The van der Waals surface area contributed by atoms with E-state index in [4.69, 9.17) is 13.9 Å². The summed E-state index contributed by atoms with van der Waals surface area (Å²) in [4.78, 5) is 31.8. The zero-order valence-electron chi connectivity index (χ0n) is 20.9. The van der Waals surface area contributed by atoms with Gasteiger partial charge < -0.3 is 13.9 Å². The van der Waals surface area contributed by atoms with E-state index >= 15 is 0 Å². The topological polar surface area (TPSA) is 107 Å². The summed E-state index contributed by atoms with van der Waals surface area (Å²) in [7, 11) is 1.57. The van der Waals surface area contributed by atoms with Crippen molar-refractivity contribution in [3.05, 3.63) is 109 Å². The molecule has 2 aromatic carbocycles. The predicted molar refractivity (Wildman–Crippen MR) is 142 cm³/mol. The third-order valence-corrected chi connectivity index (χ3v) is 7.14. The van der Waals surface area contributed by atoms with Crippen molar-refractivity contribution in [1.29, 1.82) is 5.26 Å². The monoisotopic (exact) mass is 525 g/mol. The SMILES string of the molecule is CCOC(=O)C1=C(C)N=c2s/c(=C/c3ccc(-c4ccccc4C#N)o3)c(=O)n2[C@H]1c1ccc(OC)cc1. The number of carbonyl (C=O) groups is 1. The molecule has 5 rings (SSSR count). The molecule has 190 valence electrons. The van der Waals surface area contributed by atoms with Crippen LogP contribution in [-0.4, -0.2) is 24.3 Å². The van der Waals surface area contributed by atoms with Crippen LogP contribution in [0.5, 0.6) is 5.75 Å². The van der Waals surface area contributed by atoms with Crippen molar-refractivity contribution >= 4 is 23.4 Å². The van der Waals surface area contributed by atoms with E-state index in [0.29, 0.717) is 49.0 Å². The zero-order valence-corrected chi connectivity index (χ0v) is 21.7. The van der Waals surface area contributed by atoms with Gasteiger partial charge in [0.15, 0.2) is 4.80 Å². The predicted octanol–water partition coefficient (Wildman–Crippen LogP) is 3.94. The highest BCUT2D eigenvalue weighted by Gasteiger charge is 2.33. The number of thiazole rings is 1. The lowest BCUT2D eigenvalue weighted by molar-refractivity contribution is -0.139. The average Bonchev–Trinajstić information content (AvgIpc) is 3.52. The van der Waals surface area contributed by atoms with Crippen LogP contribution in [0.3, 0.4) is 0 Å². The number of esters is 1. The Kier molecular flexibility index (Phi) is 6.81. The number of carbonyl (C=O) groups excluding carboxylic acids is 1. The number of allylic oxidation sites excluding steroid dienone is 1. The first-order valence-corrected chi connectivity index (χ1v) is 12.7. The van der Waals surface area contributed by atoms with Crippen molar-refractivity contribution in [1.82, 2.24) is 4.57 Å². The third kappa shape index (κ3) is 4.46. The van der Waals surface area contributed by atoms with E-state index in [1.807, 2.05) is 24.3 Å². The fourth-order valence-electron chi connectivity index (χ4n) is 4.39. The fourth-order valence-corrected chi connectivity index (χ4v) is 5.42. The maximum absolute atomic E-state index is 13.7. The van der Waals surface area contributed by atoms with E-state index in [9.17, 15) is 14.9 Å². The Hall–Kier alpha value is -4.68. The van der Waals surface area contributed by atoms with Crippen LogP contribution in [0.1, 0.15) is 36.8 Å². The molecule has 4 aromatic rings. The molecule has 0 spiro atoms. The molecule has 0 radical (unpaired) electrons. The Morgan fingerprint density at radius 3 is 2.66 bits per heavy atom. The molecule has 1 aliphatic rings. The van der Waals surface area contributed by atoms with Crippen LogP contribution in [0.25, 0.3) is 17.4 Å². The number of fused-ring (bicyclic) bond motifs is 1. The summed E-state index contributed by atoms with van der Waals surface area (Å²) in [5, 5.41) is 9.42. The maximum atomic E-state index is 13.7. The van der Waals surface area contributed by atoms with Crippen molar-refractivity contribution < 1.29 is 18.7 Å². The number of hydrogen-bond donors (Lipinski definition) is 0. The Bertz CT molecular complexity index is 1780. The fraction of sp³-hybridized carbons (Fsp3) is 0.172. The normalized spacial score (nSPS) is 15.0. The summed E-state index contributed by atoms with van der Waals surface area (Å²) < 4.78 is 18.5. The van der Waals surface area contributed by atoms with Gasteiger partial charge in [-0.2, -0.15) is 5.26 Å². The molecule has 0 fully saturated rings. The number of rotatable bonds is 6. The number of hydrogen-bond acceptors (Lipinski definition) is 8. The number of nitriles is 1. The van der Waals surface area contributed by atoms with Gasteiger partial charge in [0.2, 0.25) is 0 Å². The molecule has 0 saturated carbocycles. The Labute approximate surface area is 222 Å². The second-order valence-electron chi connectivity index (χ2n) is 8.43. The van der Waals surface area contributed by atoms with Gasteiger partial charge in [-0.1, -0.05) is 35.6 Å². The smallest absolute Gasteiger partial charge is 0.338 e. The van der Waals surface area contributed by atoms with Crippen LogP contribution >= 0.6 is 11.3 Å². The summed E-state index contributed by atoms with van der Waals surface area (Å²) >= 11 is 1.21. The third-order valence-electron chi connectivity index (χ3n) is 6.16. The summed E-state index contributed by atoms with van der Waals surface area (Å²) in [5.74, 6) is 1.12. The van der Waals surface area contributed by atoms with Crippen molar-refractivity contribution in [3.8, 4) is 23.1 Å². The molecule has 8 nitrogen and oxygen atoms in total. The average molecular weight is 526 g/mol. The van der Waals surface area contributed by atoms with Crippen molar-refractivity contribution in [2.24, 2.45) is 4.99 Å². The summed E-state index contributed by atoms with van der Waals surface area (Å²) in [6, 6.07) is 19.3. The number of benzene rings is 2. The Balaban J connectivity index is 1.64. The molecule has 3 heterocycles. The molecule has 38 heavy (non-hydrogen) atoms. The Morgan fingerprint density at radius 1 is 1.18 bits per heavy atom. The standard InChI is InChI=1S/C29H23N3O5S/c1-4-36-28(34)25-17(2)31-29-32(26(25)18-9-11-20(35-3)12-10-18)27(33)24(38-29)15-21-13-14-23(37-21)22-8-6-5-7-19(22)16-30/h5-15,26H,4H2,1-3H3/b24-15+/t26-/m0/s1. The number of aromatic nitrogens is 1. The summed E-state index contributed by atoms with van der Waals surface area (Å²) in [6.45, 7) is 3.68. The van der Waals surface area contributed by atoms with Crippen LogP contribution in [0.4, 0.5) is 0 Å². The highest BCUT2D eigenvalue weighted by Crippen LogP contribution is 2.32. The minimum absolute atomic E-state index is 0.200.